The highest BCUT2D eigenvalue weighted by Gasteiger charge is 2.24. The Kier molecular flexibility index (Phi) is 8.02. The summed E-state index contributed by atoms with van der Waals surface area (Å²) < 4.78 is 19.1. The van der Waals surface area contributed by atoms with Gasteiger partial charge in [0.05, 0.1) is 19.8 Å². The summed E-state index contributed by atoms with van der Waals surface area (Å²) in [6.07, 6.45) is -2.56. The van der Waals surface area contributed by atoms with Crippen LogP contribution in [-0.2, 0) is 18.7 Å². The highest BCUT2D eigenvalue weighted by molar-refractivity contribution is 7.47. The van der Waals surface area contributed by atoms with Crippen molar-refractivity contribution in [3.8, 4) is 0 Å². The van der Waals surface area contributed by atoms with Crippen molar-refractivity contribution in [2.75, 3.05) is 26.4 Å². The van der Waals surface area contributed by atoms with Crippen molar-refractivity contribution in [2.24, 2.45) is 0 Å². The summed E-state index contributed by atoms with van der Waals surface area (Å²) in [5.41, 5.74) is 0. The number of phosphoric acid groups is 1. The molecule has 0 heterocycles. The molecule has 0 fully saturated rings. The number of hydrogen-bond donors (Lipinski definition) is 5. The first-order valence-electron chi connectivity index (χ1n) is 4.27. The molecule has 0 aromatic carbocycles. The van der Waals surface area contributed by atoms with E-state index in [1.807, 2.05) is 0 Å². The number of aliphatic hydroxyl groups is 4. The van der Waals surface area contributed by atoms with Crippen LogP contribution < -0.4 is 0 Å². The summed E-state index contributed by atoms with van der Waals surface area (Å²) in [4.78, 5) is 13.0. The summed E-state index contributed by atoms with van der Waals surface area (Å²) in [7, 11) is -4.51. The van der Waals surface area contributed by atoms with E-state index in [1.54, 1.807) is 0 Å². The first kappa shape index (κ1) is 15.9. The molecule has 98 valence electrons. The van der Waals surface area contributed by atoms with Gasteiger partial charge >= 0.3 is 7.82 Å². The smallest absolute Gasteiger partial charge is 0.394 e. The fourth-order valence-electron chi connectivity index (χ4n) is 0.483. The van der Waals surface area contributed by atoms with Crippen LogP contribution in [0.4, 0.5) is 0 Å². The first-order valence-corrected chi connectivity index (χ1v) is 5.77. The second kappa shape index (κ2) is 8.07. The molecule has 5 N–H and O–H groups in total. The first-order chi connectivity index (χ1) is 7.41. The van der Waals surface area contributed by atoms with Gasteiger partial charge in [-0.25, -0.2) is 9.45 Å². The minimum Gasteiger partial charge on any atom is -0.394 e. The third-order valence-corrected chi connectivity index (χ3v) is 2.03. The fourth-order valence-corrected chi connectivity index (χ4v) is 1.08. The summed E-state index contributed by atoms with van der Waals surface area (Å²) >= 11 is 0. The molecule has 0 aromatic rings. The Bertz CT molecular complexity index is 222. The second-order valence-electron chi connectivity index (χ2n) is 2.80. The molecule has 0 radical (unpaired) electrons. The van der Waals surface area contributed by atoms with Crippen LogP contribution in [0.15, 0.2) is 0 Å². The third-order valence-electron chi connectivity index (χ3n) is 1.26. The standard InChI is InChI=1S/C6H15O9P/c7-1-5(9)3-13-15-16(11,12)14-4-6(10)2-8/h5-10H,1-4H2,(H,11,12). The Hall–Kier alpha value is -0.0900. The monoisotopic (exact) mass is 262 g/mol. The van der Waals surface area contributed by atoms with E-state index in [4.69, 9.17) is 25.3 Å². The van der Waals surface area contributed by atoms with Gasteiger partial charge in [0.15, 0.2) is 0 Å². The van der Waals surface area contributed by atoms with E-state index in [1.165, 1.54) is 0 Å². The van der Waals surface area contributed by atoms with Gasteiger partial charge in [-0.05, 0) is 0 Å². The number of aliphatic hydroxyl groups excluding tert-OH is 4. The van der Waals surface area contributed by atoms with E-state index in [-0.39, 0.29) is 0 Å². The van der Waals surface area contributed by atoms with Crippen molar-refractivity contribution in [1.82, 2.24) is 0 Å². The van der Waals surface area contributed by atoms with E-state index >= 15 is 0 Å². The third kappa shape index (κ3) is 8.11. The van der Waals surface area contributed by atoms with Gasteiger partial charge in [-0.2, -0.15) is 0 Å². The average molecular weight is 262 g/mol. The van der Waals surface area contributed by atoms with Crippen LogP contribution in [-0.4, -0.2) is 64.0 Å². The molecule has 9 nitrogen and oxygen atoms in total. The summed E-state index contributed by atoms with van der Waals surface area (Å²) in [5.74, 6) is 0. The molecule has 0 aliphatic heterocycles. The molecule has 3 atom stereocenters. The van der Waals surface area contributed by atoms with E-state index < -0.39 is 46.5 Å². The number of phosphoric ester groups is 1. The van der Waals surface area contributed by atoms with Gasteiger partial charge in [0.1, 0.15) is 18.8 Å². The Labute approximate surface area is 91.4 Å². The molecular formula is C6H15O9P. The lowest BCUT2D eigenvalue weighted by atomic mass is 10.4. The zero-order valence-corrected chi connectivity index (χ0v) is 9.19. The molecular weight excluding hydrogens is 247 g/mol. The zero-order valence-electron chi connectivity index (χ0n) is 8.30. The van der Waals surface area contributed by atoms with Crippen molar-refractivity contribution in [1.29, 1.82) is 0 Å². The van der Waals surface area contributed by atoms with Crippen molar-refractivity contribution < 1.29 is 44.0 Å². The van der Waals surface area contributed by atoms with E-state index in [0.717, 1.165) is 0 Å². The van der Waals surface area contributed by atoms with Crippen LogP contribution in [0.3, 0.4) is 0 Å². The summed E-state index contributed by atoms with van der Waals surface area (Å²) in [5, 5.41) is 34.3. The molecule has 0 aromatic heterocycles. The topological polar surface area (TPSA) is 146 Å². The maximum absolute atomic E-state index is 11.0. The lowest BCUT2D eigenvalue weighted by molar-refractivity contribution is -0.242. The molecule has 0 saturated heterocycles. The van der Waals surface area contributed by atoms with Gasteiger partial charge in [-0.3, -0.25) is 4.52 Å². The largest absolute Gasteiger partial charge is 0.499 e. The molecule has 0 bridgehead atoms. The van der Waals surface area contributed by atoms with E-state index in [0.29, 0.717) is 0 Å². The van der Waals surface area contributed by atoms with Crippen molar-refractivity contribution in [2.45, 2.75) is 12.2 Å². The SMILES string of the molecule is O=P(O)(OCC(O)CO)OOCC(O)CO. The highest BCUT2D eigenvalue weighted by atomic mass is 31.2. The second-order valence-corrected chi connectivity index (χ2v) is 4.14. The minimum absolute atomic E-state index is 0.521. The van der Waals surface area contributed by atoms with Crippen LogP contribution >= 0.6 is 7.82 Å². The normalized spacial score (nSPS) is 19.1. The Morgan fingerprint density at radius 1 is 1.06 bits per heavy atom. The summed E-state index contributed by atoms with van der Waals surface area (Å²) in [6.45, 7) is -2.36. The van der Waals surface area contributed by atoms with Crippen LogP contribution in [0, 0.1) is 0 Å². The predicted octanol–water partition coefficient (Wildman–Crippen LogP) is -2.24. The molecule has 0 aliphatic carbocycles. The predicted molar refractivity (Wildman–Crippen MR) is 49.0 cm³/mol. The molecule has 0 saturated carbocycles. The molecule has 10 heteroatoms. The van der Waals surface area contributed by atoms with Crippen LogP contribution in [0.5, 0.6) is 0 Å². The molecule has 0 spiro atoms. The number of rotatable bonds is 9. The van der Waals surface area contributed by atoms with Crippen LogP contribution in [0.25, 0.3) is 0 Å². The quantitative estimate of drug-likeness (QED) is 0.177. The maximum Gasteiger partial charge on any atom is 0.499 e. The van der Waals surface area contributed by atoms with E-state index in [2.05, 4.69) is 14.1 Å². The van der Waals surface area contributed by atoms with E-state index in [9.17, 15) is 4.57 Å². The highest BCUT2D eigenvalue weighted by Crippen LogP contribution is 2.43. The average Bonchev–Trinajstić information content (AvgIpc) is 2.25. The molecule has 0 rings (SSSR count). The summed E-state index contributed by atoms with van der Waals surface area (Å²) in [6, 6.07) is 0. The van der Waals surface area contributed by atoms with Crippen molar-refractivity contribution in [3.05, 3.63) is 0 Å². The molecule has 0 amide bonds. The van der Waals surface area contributed by atoms with Crippen LogP contribution in [0.2, 0.25) is 0 Å². The van der Waals surface area contributed by atoms with Gasteiger partial charge in [-0.1, -0.05) is 0 Å². The molecule has 0 aliphatic rings. The van der Waals surface area contributed by atoms with Crippen molar-refractivity contribution >= 4 is 7.82 Å². The van der Waals surface area contributed by atoms with Gasteiger partial charge in [0.25, 0.3) is 0 Å². The Balaban J connectivity index is 3.74. The van der Waals surface area contributed by atoms with Gasteiger partial charge < -0.3 is 25.3 Å². The number of hydrogen-bond acceptors (Lipinski definition) is 8. The van der Waals surface area contributed by atoms with Gasteiger partial charge in [0.2, 0.25) is 0 Å². The minimum atomic E-state index is -4.51. The molecule has 3 unspecified atom stereocenters. The lowest BCUT2D eigenvalue weighted by Crippen LogP contribution is -2.21. The van der Waals surface area contributed by atoms with Gasteiger partial charge in [-0.15, -0.1) is 4.67 Å². The lowest BCUT2D eigenvalue weighted by Gasteiger charge is -2.13. The molecule has 16 heavy (non-hydrogen) atoms. The van der Waals surface area contributed by atoms with Gasteiger partial charge in [0, 0.05) is 0 Å². The Morgan fingerprint density at radius 3 is 2.06 bits per heavy atom. The van der Waals surface area contributed by atoms with Crippen molar-refractivity contribution in [3.63, 3.8) is 0 Å². The zero-order chi connectivity index (χ0) is 12.6. The van der Waals surface area contributed by atoms with Crippen LogP contribution in [0.1, 0.15) is 0 Å². The Morgan fingerprint density at radius 2 is 1.56 bits per heavy atom. The maximum atomic E-state index is 11.0. The fraction of sp³-hybridized carbons (Fsp3) is 1.00.